The van der Waals surface area contributed by atoms with Gasteiger partial charge in [-0.1, -0.05) is 60.7 Å². The van der Waals surface area contributed by atoms with Gasteiger partial charge in [0, 0.05) is 51.3 Å². The van der Waals surface area contributed by atoms with Gasteiger partial charge in [0.1, 0.15) is 12.4 Å². The summed E-state index contributed by atoms with van der Waals surface area (Å²) >= 11 is 0. The number of carboxylic acid groups (broad SMARTS) is 1. The number of hydrazone groups is 1. The Hall–Kier alpha value is -5.35. The maximum atomic E-state index is 14.0. The molecule has 1 saturated carbocycles. The van der Waals surface area contributed by atoms with E-state index in [1.54, 1.807) is 42.7 Å². The molecule has 2 fully saturated rings. The Bertz CT molecular complexity index is 1860. The minimum absolute atomic E-state index is 0.0275. The summed E-state index contributed by atoms with van der Waals surface area (Å²) in [4.78, 5) is 64.8. The first-order valence-corrected chi connectivity index (χ1v) is 18.5. The van der Waals surface area contributed by atoms with Gasteiger partial charge < -0.3 is 31.4 Å². The van der Waals surface area contributed by atoms with Crippen molar-refractivity contribution in [2.75, 3.05) is 32.7 Å². The second-order valence-corrected chi connectivity index (χ2v) is 14.4. The summed E-state index contributed by atoms with van der Waals surface area (Å²) in [5, 5.41) is 18.0. The largest absolute Gasteiger partial charge is 0.481 e. The number of aliphatic carboxylic acids is 1. The maximum Gasteiger partial charge on any atom is 0.300 e. The van der Waals surface area contributed by atoms with Crippen molar-refractivity contribution in [2.45, 2.75) is 56.0 Å². The third-order valence-electron chi connectivity index (χ3n) is 8.54. The quantitative estimate of drug-likeness (QED) is 0.0380. The van der Waals surface area contributed by atoms with Crippen LogP contribution in [0.4, 0.5) is 0 Å². The summed E-state index contributed by atoms with van der Waals surface area (Å²) in [7, 11) is -4.23. The monoisotopic (exact) mass is 735 g/mol. The van der Waals surface area contributed by atoms with E-state index >= 15 is 0 Å². The lowest BCUT2D eigenvalue weighted by Crippen LogP contribution is -2.53. The lowest BCUT2D eigenvalue weighted by Gasteiger charge is -2.31. The van der Waals surface area contributed by atoms with Gasteiger partial charge in [-0.3, -0.25) is 24.0 Å². The zero-order valence-electron chi connectivity index (χ0n) is 28.9. The van der Waals surface area contributed by atoms with Crippen molar-refractivity contribution < 1.29 is 37.5 Å². The number of sulfonamides is 1. The molecular formula is C36H45N7O8S. The van der Waals surface area contributed by atoms with Crippen molar-refractivity contribution >= 4 is 56.6 Å². The number of hydrogen-bond acceptors (Lipinski definition) is 9. The number of nitrogens with one attached hydrogen (secondary N) is 3. The smallest absolute Gasteiger partial charge is 0.300 e. The number of ketones is 1. The van der Waals surface area contributed by atoms with Crippen LogP contribution >= 0.6 is 0 Å². The first kappa shape index (κ1) is 39.4. The van der Waals surface area contributed by atoms with Crippen LogP contribution in [0.5, 0.6) is 0 Å². The van der Waals surface area contributed by atoms with Crippen molar-refractivity contribution in [3.8, 4) is 0 Å². The number of carbonyl (C=O) groups is 5. The van der Waals surface area contributed by atoms with Gasteiger partial charge in [0.15, 0.2) is 0 Å². The third kappa shape index (κ3) is 11.9. The topological polar surface area (TPSA) is 221 Å². The van der Waals surface area contributed by atoms with Gasteiger partial charge in [-0.25, -0.2) is 8.42 Å². The number of nitrogens with zero attached hydrogens (tertiary/aromatic N) is 3. The Morgan fingerprint density at radius 2 is 1.65 bits per heavy atom. The number of fused-ring (bicyclic) bond motifs is 1. The van der Waals surface area contributed by atoms with Gasteiger partial charge in [-0.2, -0.15) is 9.82 Å². The molecule has 3 aromatic rings. The fourth-order valence-electron chi connectivity index (χ4n) is 5.90. The molecule has 1 aliphatic heterocycles. The zero-order chi connectivity index (χ0) is 37.7. The molecule has 0 spiro atoms. The molecule has 15 nitrogen and oxygen atoms in total. The van der Waals surface area contributed by atoms with E-state index in [1.807, 2.05) is 17.0 Å². The molecule has 278 valence electrons. The number of nitrogens with two attached hydrogens (primary N) is 1. The summed E-state index contributed by atoms with van der Waals surface area (Å²) in [5.74, 6) is 2.03. The molecular weight excluding hydrogens is 691 g/mol. The number of benzene rings is 3. The summed E-state index contributed by atoms with van der Waals surface area (Å²) in [6, 6.07) is 18.5. The molecule has 1 aliphatic carbocycles. The highest BCUT2D eigenvalue weighted by molar-refractivity contribution is 7.89. The van der Waals surface area contributed by atoms with Crippen LogP contribution in [0.2, 0.25) is 0 Å². The predicted molar refractivity (Wildman–Crippen MR) is 194 cm³/mol. The number of hydrogen-bond donors (Lipinski definition) is 5. The molecule has 52 heavy (non-hydrogen) atoms. The van der Waals surface area contributed by atoms with Gasteiger partial charge in [-0.15, -0.1) is 0 Å². The van der Waals surface area contributed by atoms with Gasteiger partial charge in [0.25, 0.3) is 11.9 Å². The average Bonchev–Trinajstić information content (AvgIpc) is 3.97. The Morgan fingerprint density at radius 1 is 0.981 bits per heavy atom. The fourth-order valence-corrected chi connectivity index (χ4v) is 7.12. The molecule has 3 amide bonds. The number of carboxylic acids is 1. The molecule has 1 saturated heterocycles. The normalized spacial score (nSPS) is 16.3. The van der Waals surface area contributed by atoms with E-state index in [2.05, 4.69) is 20.5 Å². The van der Waals surface area contributed by atoms with Gasteiger partial charge >= 0.3 is 0 Å². The minimum atomic E-state index is -4.23. The van der Waals surface area contributed by atoms with Gasteiger partial charge in [0.05, 0.1) is 11.3 Å². The van der Waals surface area contributed by atoms with Crippen LogP contribution in [0.1, 0.15) is 49.4 Å². The molecule has 3 aromatic carbocycles. The molecule has 0 unspecified atom stereocenters. The van der Waals surface area contributed by atoms with Crippen LogP contribution < -0.4 is 21.2 Å². The first-order chi connectivity index (χ1) is 24.9. The van der Waals surface area contributed by atoms with Crippen LogP contribution in [-0.4, -0.2) is 104 Å². The van der Waals surface area contributed by atoms with Crippen LogP contribution in [-0.2, 0) is 29.2 Å². The third-order valence-corrected chi connectivity index (χ3v) is 10.0. The molecule has 0 bridgehead atoms. The Labute approximate surface area is 302 Å². The molecule has 2 atom stereocenters. The highest BCUT2D eigenvalue weighted by atomic mass is 32.2. The van der Waals surface area contributed by atoms with Crippen LogP contribution in [0.3, 0.4) is 0 Å². The number of carbonyl (C=O) groups excluding carboxylic acids is 4. The fraction of sp³-hybridized carbons (Fsp3) is 0.389. The molecule has 5 rings (SSSR count). The molecule has 1 heterocycles. The van der Waals surface area contributed by atoms with E-state index in [0.717, 1.165) is 31.7 Å². The lowest BCUT2D eigenvalue weighted by atomic mass is 9.98. The number of amides is 3. The second kappa shape index (κ2) is 18.8. The first-order valence-electron chi connectivity index (χ1n) is 17.0. The number of rotatable bonds is 15. The Balaban J connectivity index is 0.00000144. The number of likely N-dealkylation sites (tertiary alicyclic amines) is 1. The Kier molecular flexibility index (Phi) is 14.2. The SMILES string of the molecule is CC(=O)O.NN=CN1CCC[C@@H](CNC(=O)C[C@H](NS(=O)(=O)c2ccc3ccccc3c2)C(=O)N(CCNC(=O)C(=O)c2ccccc2)C2CC2)C1. The van der Waals surface area contributed by atoms with E-state index in [4.69, 9.17) is 15.7 Å². The summed E-state index contributed by atoms with van der Waals surface area (Å²) in [6.07, 6.45) is 4.33. The lowest BCUT2D eigenvalue weighted by molar-refractivity contribution is -0.136. The van der Waals surface area contributed by atoms with Crippen molar-refractivity contribution in [3.05, 3.63) is 78.4 Å². The highest BCUT2D eigenvalue weighted by Crippen LogP contribution is 2.28. The standard InChI is InChI=1S/C34H41N7O6S.C2H4O2/c35-38-23-40-17-6-7-24(22-40)21-37-31(42)20-30(39-48(46,47)29-15-12-25-8-4-5-11-27(25)19-29)34(45)41(28-13-14-28)18-16-36-33(44)32(43)26-9-2-1-3-10-26;1-2(3)4/h1-5,8-12,15,19,23-24,28,30,39H,6-7,13-14,16-18,20-22,35H2,(H,36,44)(H,37,42);1H3,(H,3,4)/t24-,30-;/m0./s1. The van der Waals surface area contributed by atoms with Crippen molar-refractivity contribution in [1.29, 1.82) is 0 Å². The average molecular weight is 736 g/mol. The van der Waals surface area contributed by atoms with Crippen molar-refractivity contribution in [3.63, 3.8) is 0 Å². The maximum absolute atomic E-state index is 14.0. The van der Waals surface area contributed by atoms with E-state index in [-0.39, 0.29) is 35.5 Å². The molecule has 2 aliphatic rings. The van der Waals surface area contributed by atoms with E-state index in [9.17, 15) is 27.6 Å². The van der Waals surface area contributed by atoms with E-state index in [0.29, 0.717) is 31.3 Å². The van der Waals surface area contributed by atoms with Crippen LogP contribution in [0, 0.1) is 5.92 Å². The van der Waals surface area contributed by atoms with E-state index in [1.165, 1.54) is 29.2 Å². The molecule has 16 heteroatoms. The van der Waals surface area contributed by atoms with Crippen molar-refractivity contribution in [1.82, 2.24) is 25.2 Å². The molecule has 0 radical (unpaired) electrons. The van der Waals surface area contributed by atoms with Gasteiger partial charge in [-0.05, 0) is 54.5 Å². The summed E-state index contributed by atoms with van der Waals surface area (Å²) < 4.78 is 29.8. The number of Topliss-reactive ketones (excluding diaryl/α,β-unsaturated/α-hetero) is 1. The second-order valence-electron chi connectivity index (χ2n) is 12.7. The predicted octanol–water partition coefficient (Wildman–Crippen LogP) is 1.69. The minimum Gasteiger partial charge on any atom is -0.481 e. The summed E-state index contributed by atoms with van der Waals surface area (Å²) in [5.41, 5.74) is 0.243. The highest BCUT2D eigenvalue weighted by Gasteiger charge is 2.38. The van der Waals surface area contributed by atoms with E-state index < -0.39 is 52.0 Å². The number of piperidine rings is 1. The summed E-state index contributed by atoms with van der Waals surface area (Å²) in [6.45, 7) is 2.91. The Morgan fingerprint density at radius 3 is 2.33 bits per heavy atom. The molecule has 0 aromatic heterocycles. The van der Waals surface area contributed by atoms with Gasteiger partial charge in [0.2, 0.25) is 27.6 Å². The molecule has 6 N–H and O–H groups in total. The van der Waals surface area contributed by atoms with Crippen molar-refractivity contribution in [2.24, 2.45) is 16.9 Å². The van der Waals surface area contributed by atoms with Crippen LogP contribution in [0.25, 0.3) is 10.8 Å². The van der Waals surface area contributed by atoms with Crippen LogP contribution in [0.15, 0.2) is 82.8 Å². The zero-order valence-corrected chi connectivity index (χ0v) is 29.8.